The van der Waals surface area contributed by atoms with Crippen LogP contribution in [0.1, 0.15) is 19.8 Å². The third-order valence-corrected chi connectivity index (χ3v) is 5.99. The Morgan fingerprint density at radius 1 is 1.53 bits per heavy atom. The Hall–Kier alpha value is 0.160. The van der Waals surface area contributed by atoms with Gasteiger partial charge in [0.2, 0.25) is 10.0 Å². The lowest BCUT2D eigenvalue weighted by Crippen LogP contribution is -2.41. The Morgan fingerprint density at radius 3 is 2.65 bits per heavy atom. The Labute approximate surface area is 110 Å². The molecule has 2 unspecified atom stereocenters. The van der Waals surface area contributed by atoms with Crippen LogP contribution >= 0.6 is 11.6 Å². The second-order valence-corrected chi connectivity index (χ2v) is 7.52. The molecule has 0 aromatic carbocycles. The zero-order valence-corrected chi connectivity index (χ0v) is 12.5. The van der Waals surface area contributed by atoms with Gasteiger partial charge in [0.15, 0.2) is 0 Å². The summed E-state index contributed by atoms with van der Waals surface area (Å²) in [5.41, 5.74) is 0. The van der Waals surface area contributed by atoms with Crippen LogP contribution in [-0.4, -0.2) is 62.5 Å². The molecule has 1 fully saturated rings. The molecule has 4 nitrogen and oxygen atoms in total. The van der Waals surface area contributed by atoms with Gasteiger partial charge in [0.05, 0.1) is 5.75 Å². The number of hydrogen-bond donors (Lipinski definition) is 0. The fourth-order valence-corrected chi connectivity index (χ4v) is 3.88. The number of sulfonamides is 1. The molecule has 1 heterocycles. The van der Waals surface area contributed by atoms with Crippen LogP contribution in [0.25, 0.3) is 0 Å². The molecule has 0 amide bonds. The maximum Gasteiger partial charge on any atom is 0.214 e. The van der Waals surface area contributed by atoms with E-state index in [9.17, 15) is 8.42 Å². The normalized spacial score (nSPS) is 24.4. The van der Waals surface area contributed by atoms with Gasteiger partial charge in [-0.15, -0.1) is 11.6 Å². The SMILES string of the molecule is CC(CCl)CS(=O)(=O)N(C)CC1CCCN1C. The molecular formula is C11H23ClN2O2S. The van der Waals surface area contributed by atoms with E-state index in [-0.39, 0.29) is 11.7 Å². The van der Waals surface area contributed by atoms with Crippen molar-refractivity contribution in [1.29, 1.82) is 0 Å². The molecule has 2 atom stereocenters. The molecule has 6 heteroatoms. The van der Waals surface area contributed by atoms with Crippen molar-refractivity contribution < 1.29 is 8.42 Å². The molecule has 0 saturated carbocycles. The number of likely N-dealkylation sites (tertiary alicyclic amines) is 1. The van der Waals surface area contributed by atoms with Crippen molar-refractivity contribution in [3.63, 3.8) is 0 Å². The smallest absolute Gasteiger partial charge is 0.214 e. The van der Waals surface area contributed by atoms with Gasteiger partial charge in [-0.2, -0.15) is 0 Å². The molecule has 1 saturated heterocycles. The van der Waals surface area contributed by atoms with Gasteiger partial charge in [-0.1, -0.05) is 6.92 Å². The molecule has 1 aliphatic heterocycles. The lowest BCUT2D eigenvalue weighted by atomic mass is 10.2. The topological polar surface area (TPSA) is 40.6 Å². The number of hydrogen-bond acceptors (Lipinski definition) is 3. The number of likely N-dealkylation sites (N-methyl/N-ethyl adjacent to an activating group) is 2. The maximum absolute atomic E-state index is 12.0. The van der Waals surface area contributed by atoms with Crippen LogP contribution < -0.4 is 0 Å². The first-order valence-electron chi connectivity index (χ1n) is 6.07. The summed E-state index contributed by atoms with van der Waals surface area (Å²) in [6.07, 6.45) is 2.24. The third kappa shape index (κ3) is 4.39. The number of alkyl halides is 1. The summed E-state index contributed by atoms with van der Waals surface area (Å²) in [7, 11) is 0.564. The lowest BCUT2D eigenvalue weighted by molar-refractivity contribution is 0.270. The van der Waals surface area contributed by atoms with Gasteiger partial charge in [0.1, 0.15) is 0 Å². The Kier molecular flexibility index (Phi) is 5.70. The molecular weight excluding hydrogens is 260 g/mol. The van der Waals surface area contributed by atoms with E-state index in [1.54, 1.807) is 7.05 Å². The highest BCUT2D eigenvalue weighted by Crippen LogP contribution is 2.17. The fraction of sp³-hybridized carbons (Fsp3) is 1.00. The van der Waals surface area contributed by atoms with Crippen molar-refractivity contribution >= 4 is 21.6 Å². The van der Waals surface area contributed by atoms with Crippen LogP contribution in [0.15, 0.2) is 0 Å². The standard InChI is InChI=1S/C11H23ClN2O2S/c1-10(7-12)9-17(15,16)14(3)8-11-5-4-6-13(11)2/h10-11H,4-9H2,1-3H3. The van der Waals surface area contributed by atoms with Crippen molar-refractivity contribution in [2.24, 2.45) is 5.92 Å². The molecule has 17 heavy (non-hydrogen) atoms. The van der Waals surface area contributed by atoms with Crippen LogP contribution in [0.3, 0.4) is 0 Å². The van der Waals surface area contributed by atoms with E-state index in [4.69, 9.17) is 11.6 Å². The van der Waals surface area contributed by atoms with Gasteiger partial charge in [-0.3, -0.25) is 0 Å². The predicted molar refractivity (Wildman–Crippen MR) is 72.0 cm³/mol. The van der Waals surface area contributed by atoms with Crippen LogP contribution in [0.5, 0.6) is 0 Å². The minimum atomic E-state index is -3.16. The summed E-state index contributed by atoms with van der Waals surface area (Å²) in [5, 5.41) is 0. The van der Waals surface area contributed by atoms with E-state index in [1.165, 1.54) is 4.31 Å². The van der Waals surface area contributed by atoms with Crippen LogP contribution in [0.4, 0.5) is 0 Å². The van der Waals surface area contributed by atoms with Crippen LogP contribution in [-0.2, 0) is 10.0 Å². The van der Waals surface area contributed by atoms with Gasteiger partial charge in [-0.05, 0) is 32.4 Å². The van der Waals surface area contributed by atoms with Gasteiger partial charge in [-0.25, -0.2) is 12.7 Å². The summed E-state index contributed by atoms with van der Waals surface area (Å²) in [6.45, 7) is 3.52. The van der Waals surface area contributed by atoms with E-state index >= 15 is 0 Å². The molecule has 0 spiro atoms. The minimum absolute atomic E-state index is 0.00502. The molecule has 0 radical (unpaired) electrons. The van der Waals surface area contributed by atoms with Crippen molar-refractivity contribution in [2.75, 3.05) is 38.8 Å². The zero-order chi connectivity index (χ0) is 13.1. The first-order valence-corrected chi connectivity index (χ1v) is 8.21. The molecule has 0 aromatic heterocycles. The average Bonchev–Trinajstić information content (AvgIpc) is 2.63. The summed E-state index contributed by atoms with van der Waals surface area (Å²) >= 11 is 5.67. The minimum Gasteiger partial charge on any atom is -0.302 e. The van der Waals surface area contributed by atoms with E-state index < -0.39 is 10.0 Å². The molecule has 0 aromatic rings. The van der Waals surface area contributed by atoms with E-state index in [2.05, 4.69) is 11.9 Å². The van der Waals surface area contributed by atoms with Gasteiger partial charge < -0.3 is 4.90 Å². The first kappa shape index (κ1) is 15.2. The molecule has 102 valence electrons. The molecule has 1 rings (SSSR count). The summed E-state index contributed by atoms with van der Waals surface area (Å²) in [4.78, 5) is 2.23. The highest BCUT2D eigenvalue weighted by Gasteiger charge is 2.27. The van der Waals surface area contributed by atoms with Crippen LogP contribution in [0, 0.1) is 5.92 Å². The second-order valence-electron chi connectivity index (χ2n) is 5.10. The molecule has 0 bridgehead atoms. The Bertz CT molecular complexity index is 334. The average molecular weight is 283 g/mol. The number of rotatable bonds is 6. The van der Waals surface area contributed by atoms with Gasteiger partial charge >= 0.3 is 0 Å². The fourth-order valence-electron chi connectivity index (χ4n) is 2.15. The van der Waals surface area contributed by atoms with Crippen LogP contribution in [0.2, 0.25) is 0 Å². The van der Waals surface area contributed by atoms with E-state index in [1.807, 2.05) is 6.92 Å². The highest BCUT2D eigenvalue weighted by molar-refractivity contribution is 7.89. The lowest BCUT2D eigenvalue weighted by Gasteiger charge is -2.26. The highest BCUT2D eigenvalue weighted by atomic mass is 35.5. The summed E-state index contributed by atoms with van der Waals surface area (Å²) < 4.78 is 25.6. The predicted octanol–water partition coefficient (Wildman–Crippen LogP) is 1.22. The number of nitrogens with zero attached hydrogens (tertiary/aromatic N) is 2. The van der Waals surface area contributed by atoms with Gasteiger partial charge in [0.25, 0.3) is 0 Å². The van der Waals surface area contributed by atoms with Crippen molar-refractivity contribution in [3.05, 3.63) is 0 Å². The maximum atomic E-state index is 12.0. The monoisotopic (exact) mass is 282 g/mol. The third-order valence-electron chi connectivity index (χ3n) is 3.37. The molecule has 0 N–H and O–H groups in total. The van der Waals surface area contributed by atoms with Gasteiger partial charge in [0, 0.05) is 25.5 Å². The quantitative estimate of drug-likeness (QED) is 0.688. The van der Waals surface area contributed by atoms with E-state index in [0.29, 0.717) is 18.5 Å². The molecule has 0 aliphatic carbocycles. The van der Waals surface area contributed by atoms with Crippen molar-refractivity contribution in [3.8, 4) is 0 Å². The molecule has 1 aliphatic rings. The zero-order valence-electron chi connectivity index (χ0n) is 10.9. The second kappa shape index (κ2) is 6.36. The Morgan fingerprint density at radius 2 is 2.18 bits per heavy atom. The Balaban J connectivity index is 2.53. The van der Waals surface area contributed by atoms with E-state index in [0.717, 1.165) is 19.4 Å². The first-order chi connectivity index (χ1) is 7.86. The van der Waals surface area contributed by atoms with Crippen molar-refractivity contribution in [2.45, 2.75) is 25.8 Å². The van der Waals surface area contributed by atoms with Crippen molar-refractivity contribution in [1.82, 2.24) is 9.21 Å². The summed E-state index contributed by atoms with van der Waals surface area (Å²) in [6, 6.07) is 0.362. The summed E-state index contributed by atoms with van der Waals surface area (Å²) in [5.74, 6) is 0.533. The number of halogens is 1. The largest absolute Gasteiger partial charge is 0.302 e.